The number of aromatic nitrogens is 1. The molecule has 3 heteroatoms. The number of aryl methyl sites for hydroxylation is 2. The predicted octanol–water partition coefficient (Wildman–Crippen LogP) is 1.58. The molecule has 1 aromatic rings. The lowest BCUT2D eigenvalue weighted by Crippen LogP contribution is -2.04. The van der Waals surface area contributed by atoms with Gasteiger partial charge >= 0.3 is 0 Å². The maximum atomic E-state index is 8.81. The largest absolute Gasteiger partial charge is 0.364 e. The van der Waals surface area contributed by atoms with Gasteiger partial charge in [-0.25, -0.2) is 0 Å². The Kier molecular flexibility index (Phi) is 2.51. The molecule has 3 nitrogen and oxygen atoms in total. The van der Waals surface area contributed by atoms with E-state index in [0.29, 0.717) is 12.4 Å². The second-order valence-corrected chi connectivity index (χ2v) is 2.77. The van der Waals surface area contributed by atoms with E-state index in [4.69, 9.17) is 10.00 Å². The van der Waals surface area contributed by atoms with E-state index in [0.717, 1.165) is 11.3 Å². The summed E-state index contributed by atoms with van der Waals surface area (Å²) in [6.07, 6.45) is 0. The molecule has 0 atom stereocenters. The SMILES string of the molecule is COCn1c(C)cc(C)c1C#N. The Labute approximate surface area is 72.2 Å². The van der Waals surface area contributed by atoms with E-state index in [-0.39, 0.29) is 0 Å². The molecule has 1 aromatic heterocycles. The highest BCUT2D eigenvalue weighted by Gasteiger charge is 2.07. The number of rotatable bonds is 2. The van der Waals surface area contributed by atoms with Gasteiger partial charge in [0.2, 0.25) is 0 Å². The first kappa shape index (κ1) is 8.82. The van der Waals surface area contributed by atoms with Crippen molar-refractivity contribution in [2.75, 3.05) is 7.11 Å². The smallest absolute Gasteiger partial charge is 0.125 e. The van der Waals surface area contributed by atoms with Gasteiger partial charge in [0, 0.05) is 12.8 Å². The van der Waals surface area contributed by atoms with Crippen molar-refractivity contribution in [1.29, 1.82) is 5.26 Å². The van der Waals surface area contributed by atoms with Gasteiger partial charge in [0.05, 0.1) is 0 Å². The van der Waals surface area contributed by atoms with Gasteiger partial charge in [-0.2, -0.15) is 5.26 Å². The number of ether oxygens (including phenoxy) is 1. The third-order valence-corrected chi connectivity index (χ3v) is 1.86. The highest BCUT2D eigenvalue weighted by molar-refractivity contribution is 5.35. The Balaban J connectivity index is 3.16. The van der Waals surface area contributed by atoms with Gasteiger partial charge < -0.3 is 9.30 Å². The maximum absolute atomic E-state index is 8.81. The average molecular weight is 164 g/mol. The molecule has 0 amide bonds. The first-order chi connectivity index (χ1) is 5.70. The molecule has 0 unspecified atom stereocenters. The van der Waals surface area contributed by atoms with Crippen LogP contribution in [0.1, 0.15) is 17.0 Å². The molecule has 0 saturated heterocycles. The van der Waals surface area contributed by atoms with Gasteiger partial charge in [0.15, 0.2) is 0 Å². The van der Waals surface area contributed by atoms with E-state index in [1.807, 2.05) is 24.5 Å². The van der Waals surface area contributed by atoms with Gasteiger partial charge in [-0.3, -0.25) is 0 Å². The Morgan fingerprint density at radius 2 is 2.25 bits per heavy atom. The number of hydrogen-bond donors (Lipinski definition) is 0. The molecule has 1 rings (SSSR count). The highest BCUT2D eigenvalue weighted by Crippen LogP contribution is 2.13. The Bertz CT molecular complexity index is 320. The van der Waals surface area contributed by atoms with Crippen molar-refractivity contribution >= 4 is 0 Å². The van der Waals surface area contributed by atoms with Gasteiger partial charge in [0.25, 0.3) is 0 Å². The summed E-state index contributed by atoms with van der Waals surface area (Å²) >= 11 is 0. The summed E-state index contributed by atoms with van der Waals surface area (Å²) in [4.78, 5) is 0. The van der Waals surface area contributed by atoms with Crippen molar-refractivity contribution in [3.63, 3.8) is 0 Å². The van der Waals surface area contributed by atoms with Crippen molar-refractivity contribution in [3.8, 4) is 6.07 Å². The second-order valence-electron chi connectivity index (χ2n) is 2.77. The third kappa shape index (κ3) is 1.34. The number of hydrogen-bond acceptors (Lipinski definition) is 2. The molecular weight excluding hydrogens is 152 g/mol. The van der Waals surface area contributed by atoms with E-state index in [1.165, 1.54) is 0 Å². The van der Waals surface area contributed by atoms with Crippen LogP contribution < -0.4 is 0 Å². The summed E-state index contributed by atoms with van der Waals surface area (Å²) in [5.74, 6) is 0. The van der Waals surface area contributed by atoms with Crippen LogP contribution in [0.4, 0.5) is 0 Å². The van der Waals surface area contributed by atoms with E-state index in [2.05, 4.69) is 6.07 Å². The third-order valence-electron chi connectivity index (χ3n) is 1.86. The Morgan fingerprint density at radius 1 is 1.58 bits per heavy atom. The van der Waals surface area contributed by atoms with Crippen molar-refractivity contribution < 1.29 is 4.74 Å². The number of nitriles is 1. The molecule has 0 bridgehead atoms. The summed E-state index contributed by atoms with van der Waals surface area (Å²) in [6, 6.07) is 4.14. The van der Waals surface area contributed by atoms with Crippen LogP contribution >= 0.6 is 0 Å². The van der Waals surface area contributed by atoms with Gasteiger partial charge in [-0.05, 0) is 25.5 Å². The molecule has 12 heavy (non-hydrogen) atoms. The minimum Gasteiger partial charge on any atom is -0.364 e. The summed E-state index contributed by atoms with van der Waals surface area (Å²) < 4.78 is 6.83. The Morgan fingerprint density at radius 3 is 2.75 bits per heavy atom. The van der Waals surface area contributed by atoms with Gasteiger partial charge in [-0.1, -0.05) is 0 Å². The van der Waals surface area contributed by atoms with Gasteiger partial charge in [0.1, 0.15) is 18.5 Å². The van der Waals surface area contributed by atoms with E-state index < -0.39 is 0 Å². The molecule has 0 aliphatic carbocycles. The molecule has 0 aromatic carbocycles. The zero-order chi connectivity index (χ0) is 9.14. The van der Waals surface area contributed by atoms with Gasteiger partial charge in [-0.15, -0.1) is 0 Å². The van der Waals surface area contributed by atoms with E-state index >= 15 is 0 Å². The normalized spacial score (nSPS) is 9.83. The number of methoxy groups -OCH3 is 1. The highest BCUT2D eigenvalue weighted by atomic mass is 16.5. The zero-order valence-electron chi connectivity index (χ0n) is 7.59. The first-order valence-electron chi connectivity index (χ1n) is 3.76. The lowest BCUT2D eigenvalue weighted by atomic mass is 10.3. The average Bonchev–Trinajstić information content (AvgIpc) is 2.28. The molecule has 0 aliphatic rings. The van der Waals surface area contributed by atoms with Crippen LogP contribution in [0.15, 0.2) is 6.07 Å². The van der Waals surface area contributed by atoms with Crippen LogP contribution in [0, 0.1) is 25.2 Å². The molecular formula is C9H12N2O. The molecule has 0 N–H and O–H groups in total. The Hall–Kier alpha value is -1.27. The van der Waals surface area contributed by atoms with Crippen molar-refractivity contribution in [2.45, 2.75) is 20.6 Å². The van der Waals surface area contributed by atoms with Crippen LogP contribution in [-0.4, -0.2) is 11.7 Å². The van der Waals surface area contributed by atoms with Crippen molar-refractivity contribution in [3.05, 3.63) is 23.0 Å². The molecule has 0 saturated carbocycles. The summed E-state index contributed by atoms with van der Waals surface area (Å²) in [5.41, 5.74) is 2.76. The number of nitrogens with zero attached hydrogens (tertiary/aromatic N) is 2. The minimum atomic E-state index is 0.447. The van der Waals surface area contributed by atoms with Crippen molar-refractivity contribution in [1.82, 2.24) is 4.57 Å². The first-order valence-corrected chi connectivity index (χ1v) is 3.76. The molecule has 1 heterocycles. The summed E-state index contributed by atoms with van der Waals surface area (Å²) in [7, 11) is 1.62. The van der Waals surface area contributed by atoms with Crippen LogP contribution in [0.5, 0.6) is 0 Å². The molecule has 0 fully saturated rings. The molecule has 64 valence electrons. The maximum Gasteiger partial charge on any atom is 0.125 e. The van der Waals surface area contributed by atoms with Crippen molar-refractivity contribution in [2.24, 2.45) is 0 Å². The predicted molar refractivity (Wildman–Crippen MR) is 45.6 cm³/mol. The van der Waals surface area contributed by atoms with E-state index in [1.54, 1.807) is 7.11 Å². The summed E-state index contributed by atoms with van der Waals surface area (Å²) in [5, 5.41) is 8.81. The van der Waals surface area contributed by atoms with Crippen LogP contribution in [0.3, 0.4) is 0 Å². The summed E-state index contributed by atoms with van der Waals surface area (Å²) in [6.45, 7) is 4.34. The lowest BCUT2D eigenvalue weighted by Gasteiger charge is -2.04. The fraction of sp³-hybridized carbons (Fsp3) is 0.444. The second kappa shape index (κ2) is 3.42. The minimum absolute atomic E-state index is 0.447. The van der Waals surface area contributed by atoms with E-state index in [9.17, 15) is 0 Å². The molecule has 0 aliphatic heterocycles. The standard InChI is InChI=1S/C9H12N2O/c1-7-4-8(2)11(6-12-3)9(7)5-10/h4H,6H2,1-3H3. The fourth-order valence-electron chi connectivity index (χ4n) is 1.29. The monoisotopic (exact) mass is 164 g/mol. The molecule has 0 radical (unpaired) electrons. The van der Waals surface area contributed by atoms with Crippen LogP contribution in [0.25, 0.3) is 0 Å². The van der Waals surface area contributed by atoms with Crippen LogP contribution in [0.2, 0.25) is 0 Å². The zero-order valence-corrected chi connectivity index (χ0v) is 7.59. The lowest BCUT2D eigenvalue weighted by molar-refractivity contribution is 0.129. The fourth-order valence-corrected chi connectivity index (χ4v) is 1.29. The quantitative estimate of drug-likeness (QED) is 0.665. The van der Waals surface area contributed by atoms with Crippen LogP contribution in [-0.2, 0) is 11.5 Å². The topological polar surface area (TPSA) is 38.0 Å². The molecule has 0 spiro atoms.